The molecule has 0 saturated heterocycles. The van der Waals surface area contributed by atoms with Crippen molar-refractivity contribution >= 4 is 5.69 Å². The minimum Gasteiger partial charge on any atom is -0.392 e. The second-order valence-corrected chi connectivity index (χ2v) is 2.72. The molecule has 3 heteroatoms. The van der Waals surface area contributed by atoms with Crippen molar-refractivity contribution in [3.63, 3.8) is 0 Å². The molecule has 0 unspecified atom stereocenters. The Hall–Kier alpha value is -1.50. The smallest absolute Gasteiger partial charge is 0.0714 e. The van der Waals surface area contributed by atoms with Crippen LogP contribution in [0.2, 0.25) is 0 Å². The third-order valence-electron chi connectivity index (χ3n) is 1.84. The summed E-state index contributed by atoms with van der Waals surface area (Å²) in [4.78, 5) is 0. The number of hydrogen-bond acceptors (Lipinski definition) is 3. The van der Waals surface area contributed by atoms with E-state index in [1.807, 2.05) is 12.1 Å². The van der Waals surface area contributed by atoms with Gasteiger partial charge in [0.25, 0.3) is 0 Å². The molecule has 0 atom stereocenters. The van der Waals surface area contributed by atoms with Gasteiger partial charge >= 0.3 is 0 Å². The van der Waals surface area contributed by atoms with Gasteiger partial charge in [0.2, 0.25) is 0 Å². The van der Waals surface area contributed by atoms with Crippen LogP contribution in [-0.2, 0) is 6.61 Å². The standard InChI is InChI=1S/C10H12N2O/c1-3-8-5-4-6-10(12(2)11)9(8)7-13/h1,4-6,13H,7,11H2,2H3. The van der Waals surface area contributed by atoms with Crippen LogP contribution in [0.3, 0.4) is 0 Å². The highest BCUT2D eigenvalue weighted by Gasteiger charge is 2.06. The number of hydrazine groups is 1. The molecule has 1 rings (SSSR count). The maximum atomic E-state index is 9.10. The Balaban J connectivity index is 3.29. The first-order chi connectivity index (χ1) is 6.20. The van der Waals surface area contributed by atoms with E-state index in [4.69, 9.17) is 17.4 Å². The molecule has 1 aromatic carbocycles. The molecule has 0 spiro atoms. The summed E-state index contributed by atoms with van der Waals surface area (Å²) in [6.07, 6.45) is 5.27. The van der Waals surface area contributed by atoms with E-state index in [1.54, 1.807) is 13.1 Å². The van der Waals surface area contributed by atoms with Gasteiger partial charge in [-0.2, -0.15) is 0 Å². The fraction of sp³-hybridized carbons (Fsp3) is 0.200. The summed E-state index contributed by atoms with van der Waals surface area (Å²) >= 11 is 0. The Morgan fingerprint density at radius 1 is 1.62 bits per heavy atom. The Morgan fingerprint density at radius 2 is 2.31 bits per heavy atom. The van der Waals surface area contributed by atoms with Gasteiger partial charge in [0, 0.05) is 18.2 Å². The van der Waals surface area contributed by atoms with Crippen LogP contribution in [0.15, 0.2) is 18.2 Å². The zero-order chi connectivity index (χ0) is 9.84. The van der Waals surface area contributed by atoms with Gasteiger partial charge in [0.05, 0.1) is 12.3 Å². The third kappa shape index (κ3) is 1.81. The summed E-state index contributed by atoms with van der Waals surface area (Å²) in [7, 11) is 1.70. The Kier molecular flexibility index (Phi) is 2.91. The molecule has 68 valence electrons. The van der Waals surface area contributed by atoms with E-state index >= 15 is 0 Å². The molecule has 0 bridgehead atoms. The number of aliphatic hydroxyl groups excluding tert-OH is 1. The normalized spacial score (nSPS) is 9.38. The van der Waals surface area contributed by atoms with Gasteiger partial charge < -0.3 is 10.1 Å². The Bertz CT molecular complexity index is 339. The number of anilines is 1. The van der Waals surface area contributed by atoms with Crippen molar-refractivity contribution in [1.29, 1.82) is 0 Å². The highest BCUT2D eigenvalue weighted by atomic mass is 16.3. The second kappa shape index (κ2) is 3.94. The number of hydrogen-bond donors (Lipinski definition) is 2. The molecular weight excluding hydrogens is 164 g/mol. The minimum atomic E-state index is -0.1000. The van der Waals surface area contributed by atoms with Crippen LogP contribution in [0.25, 0.3) is 0 Å². The highest BCUT2D eigenvalue weighted by molar-refractivity contribution is 5.58. The predicted molar refractivity (Wildman–Crippen MR) is 52.9 cm³/mol. The average Bonchev–Trinajstić information content (AvgIpc) is 2.16. The van der Waals surface area contributed by atoms with Gasteiger partial charge in [-0.15, -0.1) is 6.42 Å². The summed E-state index contributed by atoms with van der Waals surface area (Å²) in [5.74, 6) is 8.07. The van der Waals surface area contributed by atoms with Crippen LogP contribution in [0.5, 0.6) is 0 Å². The van der Waals surface area contributed by atoms with Gasteiger partial charge in [-0.05, 0) is 12.1 Å². The van der Waals surface area contributed by atoms with Crippen molar-refractivity contribution in [3.05, 3.63) is 29.3 Å². The van der Waals surface area contributed by atoms with Crippen molar-refractivity contribution in [2.45, 2.75) is 6.61 Å². The Morgan fingerprint density at radius 3 is 2.77 bits per heavy atom. The van der Waals surface area contributed by atoms with Crippen LogP contribution in [0.1, 0.15) is 11.1 Å². The quantitative estimate of drug-likeness (QED) is 0.391. The van der Waals surface area contributed by atoms with Crippen molar-refractivity contribution in [1.82, 2.24) is 0 Å². The molecule has 0 radical (unpaired) electrons. The fourth-order valence-electron chi connectivity index (χ4n) is 1.21. The second-order valence-electron chi connectivity index (χ2n) is 2.72. The number of benzene rings is 1. The van der Waals surface area contributed by atoms with E-state index in [-0.39, 0.29) is 6.61 Å². The lowest BCUT2D eigenvalue weighted by Crippen LogP contribution is -2.26. The monoisotopic (exact) mass is 176 g/mol. The summed E-state index contributed by atoms with van der Waals surface area (Å²) in [6.45, 7) is -0.1000. The summed E-state index contributed by atoms with van der Waals surface area (Å²) in [5.41, 5.74) is 2.12. The van der Waals surface area contributed by atoms with Crippen molar-refractivity contribution in [2.24, 2.45) is 5.84 Å². The molecule has 0 amide bonds. The lowest BCUT2D eigenvalue weighted by Gasteiger charge is -2.16. The van der Waals surface area contributed by atoms with E-state index < -0.39 is 0 Å². The molecule has 0 aromatic heterocycles. The first kappa shape index (κ1) is 9.59. The zero-order valence-electron chi connectivity index (χ0n) is 7.49. The lowest BCUT2D eigenvalue weighted by molar-refractivity contribution is 0.282. The molecule has 13 heavy (non-hydrogen) atoms. The van der Waals surface area contributed by atoms with Crippen molar-refractivity contribution in [2.75, 3.05) is 12.1 Å². The van der Waals surface area contributed by atoms with Crippen LogP contribution in [-0.4, -0.2) is 12.2 Å². The topological polar surface area (TPSA) is 49.5 Å². The van der Waals surface area contributed by atoms with Crippen LogP contribution in [0.4, 0.5) is 5.69 Å². The molecule has 0 aliphatic heterocycles. The summed E-state index contributed by atoms with van der Waals surface area (Å²) < 4.78 is 0. The SMILES string of the molecule is C#Cc1cccc(N(C)N)c1CO. The molecule has 0 aliphatic carbocycles. The van der Waals surface area contributed by atoms with E-state index in [9.17, 15) is 0 Å². The van der Waals surface area contributed by atoms with Gasteiger partial charge in [0.15, 0.2) is 0 Å². The van der Waals surface area contributed by atoms with Crippen LogP contribution < -0.4 is 10.9 Å². The van der Waals surface area contributed by atoms with Crippen LogP contribution >= 0.6 is 0 Å². The molecule has 3 nitrogen and oxygen atoms in total. The number of aliphatic hydroxyl groups is 1. The average molecular weight is 176 g/mol. The molecule has 1 aromatic rings. The largest absolute Gasteiger partial charge is 0.392 e. The van der Waals surface area contributed by atoms with Gasteiger partial charge in [-0.25, -0.2) is 5.84 Å². The molecule has 3 N–H and O–H groups in total. The maximum Gasteiger partial charge on any atom is 0.0714 e. The first-order valence-corrected chi connectivity index (χ1v) is 3.88. The lowest BCUT2D eigenvalue weighted by atomic mass is 10.1. The highest BCUT2D eigenvalue weighted by Crippen LogP contribution is 2.20. The fourth-order valence-corrected chi connectivity index (χ4v) is 1.21. The van der Waals surface area contributed by atoms with E-state index in [0.717, 1.165) is 5.69 Å². The van der Waals surface area contributed by atoms with Crippen molar-refractivity contribution in [3.8, 4) is 12.3 Å². The maximum absolute atomic E-state index is 9.10. The van der Waals surface area contributed by atoms with Crippen molar-refractivity contribution < 1.29 is 5.11 Å². The van der Waals surface area contributed by atoms with Gasteiger partial charge in [-0.1, -0.05) is 12.0 Å². The molecule has 0 saturated carbocycles. The van der Waals surface area contributed by atoms with E-state index in [2.05, 4.69) is 5.92 Å². The molecule has 0 aliphatic rings. The Labute approximate surface area is 77.8 Å². The summed E-state index contributed by atoms with van der Waals surface area (Å²) in [5, 5.41) is 10.5. The number of nitrogens with two attached hydrogens (primary N) is 1. The van der Waals surface area contributed by atoms with Gasteiger partial charge in [-0.3, -0.25) is 0 Å². The predicted octanol–water partition coefficient (Wildman–Crippen LogP) is 0.470. The molecular formula is C10H12N2O. The number of rotatable bonds is 2. The third-order valence-corrected chi connectivity index (χ3v) is 1.84. The van der Waals surface area contributed by atoms with E-state index in [1.165, 1.54) is 5.01 Å². The van der Waals surface area contributed by atoms with E-state index in [0.29, 0.717) is 11.1 Å². The number of nitrogens with zero attached hydrogens (tertiary/aromatic N) is 1. The zero-order valence-corrected chi connectivity index (χ0v) is 7.49. The van der Waals surface area contributed by atoms with Gasteiger partial charge in [0.1, 0.15) is 0 Å². The van der Waals surface area contributed by atoms with Crippen LogP contribution in [0, 0.1) is 12.3 Å². The summed E-state index contributed by atoms with van der Waals surface area (Å²) in [6, 6.07) is 5.40. The molecule has 0 fully saturated rings. The first-order valence-electron chi connectivity index (χ1n) is 3.88. The minimum absolute atomic E-state index is 0.1000. The molecule has 0 heterocycles. The number of terminal acetylenes is 1.